The molecule has 0 aliphatic rings. The van der Waals surface area contributed by atoms with Crippen LogP contribution in [0.2, 0.25) is 0 Å². The Morgan fingerprint density at radius 1 is 1.16 bits per heavy atom. The predicted molar refractivity (Wildman–Crippen MR) is 75.9 cm³/mol. The highest BCUT2D eigenvalue weighted by molar-refractivity contribution is 9.10. The Hall–Kier alpha value is -1.26. The van der Waals surface area contributed by atoms with Crippen LogP contribution in [0, 0.1) is 18.6 Å². The first kappa shape index (κ1) is 14.2. The molecule has 19 heavy (non-hydrogen) atoms. The summed E-state index contributed by atoms with van der Waals surface area (Å²) in [6, 6.07) is 8.93. The number of halogens is 3. The smallest absolute Gasteiger partial charge is 0.128 e. The minimum absolute atomic E-state index is 0.325. The van der Waals surface area contributed by atoms with E-state index in [1.54, 1.807) is 18.2 Å². The van der Waals surface area contributed by atoms with Crippen LogP contribution < -0.4 is 5.73 Å². The molecule has 0 heterocycles. The van der Waals surface area contributed by atoms with Crippen LogP contribution in [-0.2, 0) is 6.42 Å². The largest absolute Gasteiger partial charge is 0.324 e. The molecule has 0 saturated carbocycles. The standard InChI is InChI=1S/C15H14BrF2N/c1-9-2-3-14(18)13(4-9)15(19)7-10-5-11(16)8-12(17)6-10/h2-6,8,15H,7,19H2,1H3. The summed E-state index contributed by atoms with van der Waals surface area (Å²) >= 11 is 3.23. The van der Waals surface area contributed by atoms with E-state index < -0.39 is 6.04 Å². The molecule has 2 aromatic rings. The van der Waals surface area contributed by atoms with E-state index in [2.05, 4.69) is 15.9 Å². The first-order valence-corrected chi connectivity index (χ1v) is 6.71. The summed E-state index contributed by atoms with van der Waals surface area (Å²) in [6.45, 7) is 1.88. The molecular formula is C15H14BrF2N. The van der Waals surface area contributed by atoms with E-state index in [4.69, 9.17) is 5.73 Å². The van der Waals surface area contributed by atoms with Crippen LogP contribution >= 0.6 is 15.9 Å². The van der Waals surface area contributed by atoms with E-state index in [0.29, 0.717) is 16.5 Å². The van der Waals surface area contributed by atoms with Gasteiger partial charge in [-0.15, -0.1) is 0 Å². The summed E-state index contributed by atoms with van der Waals surface area (Å²) in [7, 11) is 0. The Kier molecular flexibility index (Phi) is 4.32. The minimum atomic E-state index is -0.492. The van der Waals surface area contributed by atoms with Crippen molar-refractivity contribution in [3.63, 3.8) is 0 Å². The Labute approximate surface area is 119 Å². The fourth-order valence-corrected chi connectivity index (χ4v) is 2.55. The van der Waals surface area contributed by atoms with Crippen molar-refractivity contribution < 1.29 is 8.78 Å². The van der Waals surface area contributed by atoms with Crippen molar-refractivity contribution in [1.82, 2.24) is 0 Å². The maximum absolute atomic E-state index is 13.7. The second kappa shape index (κ2) is 5.80. The molecule has 1 atom stereocenters. The fourth-order valence-electron chi connectivity index (χ4n) is 2.04. The summed E-state index contributed by atoms with van der Waals surface area (Å²) in [6.07, 6.45) is 0.386. The van der Waals surface area contributed by atoms with Gasteiger partial charge in [0.25, 0.3) is 0 Å². The van der Waals surface area contributed by atoms with Crippen LogP contribution in [0.1, 0.15) is 22.7 Å². The molecule has 2 N–H and O–H groups in total. The number of benzene rings is 2. The van der Waals surface area contributed by atoms with Gasteiger partial charge in [-0.05, 0) is 43.2 Å². The Morgan fingerprint density at radius 2 is 1.89 bits per heavy atom. The highest BCUT2D eigenvalue weighted by Gasteiger charge is 2.13. The van der Waals surface area contributed by atoms with Crippen LogP contribution in [0.25, 0.3) is 0 Å². The number of nitrogens with two attached hydrogens (primary N) is 1. The quantitative estimate of drug-likeness (QED) is 0.895. The van der Waals surface area contributed by atoms with Gasteiger partial charge in [0.2, 0.25) is 0 Å². The second-order valence-electron chi connectivity index (χ2n) is 4.61. The summed E-state index contributed by atoms with van der Waals surface area (Å²) in [5.74, 6) is -0.658. The SMILES string of the molecule is Cc1ccc(F)c(C(N)Cc2cc(F)cc(Br)c2)c1. The number of rotatable bonds is 3. The van der Waals surface area contributed by atoms with E-state index in [9.17, 15) is 8.78 Å². The van der Waals surface area contributed by atoms with Gasteiger partial charge in [0, 0.05) is 16.1 Å². The molecule has 0 aliphatic carbocycles. The molecule has 0 radical (unpaired) electrons. The average Bonchev–Trinajstić information content (AvgIpc) is 2.30. The Morgan fingerprint density at radius 3 is 2.58 bits per heavy atom. The summed E-state index contributed by atoms with van der Waals surface area (Å²) in [5.41, 5.74) is 8.17. The van der Waals surface area contributed by atoms with Gasteiger partial charge in [0.15, 0.2) is 0 Å². The topological polar surface area (TPSA) is 26.0 Å². The second-order valence-corrected chi connectivity index (χ2v) is 5.53. The van der Waals surface area contributed by atoms with Crippen LogP contribution in [0.5, 0.6) is 0 Å². The van der Waals surface area contributed by atoms with Crippen molar-refractivity contribution >= 4 is 15.9 Å². The third-order valence-corrected chi connectivity index (χ3v) is 3.39. The van der Waals surface area contributed by atoms with Crippen molar-refractivity contribution in [3.8, 4) is 0 Å². The number of hydrogen-bond acceptors (Lipinski definition) is 1. The monoisotopic (exact) mass is 325 g/mol. The third-order valence-electron chi connectivity index (χ3n) is 2.93. The fraction of sp³-hybridized carbons (Fsp3) is 0.200. The third kappa shape index (κ3) is 3.61. The van der Waals surface area contributed by atoms with Crippen molar-refractivity contribution in [3.05, 3.63) is 69.2 Å². The van der Waals surface area contributed by atoms with Crippen LogP contribution in [0.3, 0.4) is 0 Å². The molecule has 100 valence electrons. The molecule has 0 saturated heterocycles. The Bertz CT molecular complexity index is 578. The number of aryl methyl sites for hydroxylation is 1. The van der Waals surface area contributed by atoms with Crippen molar-refractivity contribution in [2.24, 2.45) is 5.73 Å². The zero-order chi connectivity index (χ0) is 14.0. The van der Waals surface area contributed by atoms with Crippen molar-refractivity contribution in [2.45, 2.75) is 19.4 Å². The lowest BCUT2D eigenvalue weighted by Gasteiger charge is -2.14. The van der Waals surface area contributed by atoms with Crippen LogP contribution in [0.4, 0.5) is 8.78 Å². The Balaban J connectivity index is 2.25. The predicted octanol–water partition coefficient (Wildman–Crippen LogP) is 4.28. The van der Waals surface area contributed by atoms with Gasteiger partial charge < -0.3 is 5.73 Å². The molecule has 0 aromatic heterocycles. The molecule has 1 nitrogen and oxygen atoms in total. The first-order chi connectivity index (χ1) is 8.95. The van der Waals surface area contributed by atoms with E-state index in [0.717, 1.165) is 11.1 Å². The van der Waals surface area contributed by atoms with Gasteiger partial charge in [-0.2, -0.15) is 0 Å². The van der Waals surface area contributed by atoms with Crippen molar-refractivity contribution in [1.29, 1.82) is 0 Å². The highest BCUT2D eigenvalue weighted by Crippen LogP contribution is 2.23. The van der Waals surface area contributed by atoms with Gasteiger partial charge >= 0.3 is 0 Å². The normalized spacial score (nSPS) is 12.5. The first-order valence-electron chi connectivity index (χ1n) is 5.92. The van der Waals surface area contributed by atoms with Gasteiger partial charge in [-0.25, -0.2) is 8.78 Å². The van der Waals surface area contributed by atoms with Gasteiger partial charge in [0.05, 0.1) is 0 Å². The van der Waals surface area contributed by atoms with E-state index in [-0.39, 0.29) is 11.6 Å². The zero-order valence-electron chi connectivity index (χ0n) is 10.5. The molecule has 0 aliphatic heterocycles. The van der Waals surface area contributed by atoms with Gasteiger partial charge in [-0.1, -0.05) is 33.6 Å². The van der Waals surface area contributed by atoms with E-state index in [1.165, 1.54) is 18.2 Å². The van der Waals surface area contributed by atoms with Gasteiger partial charge in [-0.3, -0.25) is 0 Å². The zero-order valence-corrected chi connectivity index (χ0v) is 12.0. The minimum Gasteiger partial charge on any atom is -0.324 e. The molecule has 0 fully saturated rings. The number of hydrogen-bond donors (Lipinski definition) is 1. The lowest BCUT2D eigenvalue weighted by Crippen LogP contribution is -2.15. The molecular weight excluding hydrogens is 312 g/mol. The van der Waals surface area contributed by atoms with Gasteiger partial charge in [0.1, 0.15) is 11.6 Å². The van der Waals surface area contributed by atoms with E-state index >= 15 is 0 Å². The van der Waals surface area contributed by atoms with Crippen molar-refractivity contribution in [2.75, 3.05) is 0 Å². The summed E-state index contributed by atoms with van der Waals surface area (Å²) < 4.78 is 27.6. The highest BCUT2D eigenvalue weighted by atomic mass is 79.9. The van der Waals surface area contributed by atoms with Crippen LogP contribution in [0.15, 0.2) is 40.9 Å². The molecule has 2 rings (SSSR count). The molecule has 4 heteroatoms. The summed E-state index contributed by atoms with van der Waals surface area (Å²) in [5, 5.41) is 0. The lowest BCUT2D eigenvalue weighted by molar-refractivity contribution is 0.577. The molecule has 0 amide bonds. The molecule has 2 aromatic carbocycles. The van der Waals surface area contributed by atoms with E-state index in [1.807, 2.05) is 6.92 Å². The molecule has 1 unspecified atom stereocenters. The lowest BCUT2D eigenvalue weighted by atomic mass is 9.98. The summed E-state index contributed by atoms with van der Waals surface area (Å²) in [4.78, 5) is 0. The maximum Gasteiger partial charge on any atom is 0.128 e. The maximum atomic E-state index is 13.7. The molecule has 0 spiro atoms. The average molecular weight is 326 g/mol. The molecule has 0 bridgehead atoms. The van der Waals surface area contributed by atoms with Crippen LogP contribution in [-0.4, -0.2) is 0 Å².